The van der Waals surface area contributed by atoms with Crippen LogP contribution in [0.5, 0.6) is 17.2 Å². The Labute approximate surface area is 165 Å². The summed E-state index contributed by atoms with van der Waals surface area (Å²) in [5, 5.41) is 7.65. The van der Waals surface area contributed by atoms with E-state index in [1.807, 2.05) is 35.0 Å². The number of thiazole rings is 1. The van der Waals surface area contributed by atoms with Crippen LogP contribution in [0, 0.1) is 0 Å². The molecule has 6 nitrogen and oxygen atoms in total. The summed E-state index contributed by atoms with van der Waals surface area (Å²) in [7, 11) is 4.75. The fraction of sp³-hybridized carbons (Fsp3) is 0.263. The second kappa shape index (κ2) is 8.88. The maximum Gasteiger partial charge on any atom is 0.261 e. The predicted molar refractivity (Wildman–Crippen MR) is 108 cm³/mol. The summed E-state index contributed by atoms with van der Waals surface area (Å²) in [4.78, 5) is 17.3. The zero-order valence-corrected chi connectivity index (χ0v) is 16.9. The topological polar surface area (TPSA) is 69.7 Å². The number of rotatable bonds is 8. The smallest absolute Gasteiger partial charge is 0.261 e. The molecule has 0 bridgehead atoms. The van der Waals surface area contributed by atoms with Crippen molar-refractivity contribution in [1.82, 2.24) is 10.3 Å². The van der Waals surface area contributed by atoms with Crippen LogP contribution in [0.25, 0.3) is 10.6 Å². The van der Waals surface area contributed by atoms with Gasteiger partial charge in [-0.05, 0) is 23.6 Å². The Morgan fingerprint density at radius 3 is 2.44 bits per heavy atom. The third-order valence-corrected chi connectivity index (χ3v) is 5.68. The van der Waals surface area contributed by atoms with Crippen molar-refractivity contribution in [2.45, 2.75) is 6.42 Å². The zero-order chi connectivity index (χ0) is 19.2. The van der Waals surface area contributed by atoms with Crippen LogP contribution in [0.1, 0.15) is 15.4 Å². The molecule has 2 aromatic heterocycles. The summed E-state index contributed by atoms with van der Waals surface area (Å²) in [6.07, 6.45) is 0.665. The quantitative estimate of drug-likeness (QED) is 0.617. The number of methoxy groups -OCH3 is 3. The lowest BCUT2D eigenvalue weighted by Gasteiger charge is -2.13. The van der Waals surface area contributed by atoms with E-state index in [0.29, 0.717) is 35.1 Å². The minimum Gasteiger partial charge on any atom is -0.493 e. The molecule has 0 unspecified atom stereocenters. The van der Waals surface area contributed by atoms with E-state index in [1.165, 1.54) is 22.7 Å². The van der Waals surface area contributed by atoms with Gasteiger partial charge in [0.15, 0.2) is 11.5 Å². The van der Waals surface area contributed by atoms with Gasteiger partial charge in [0.2, 0.25) is 5.75 Å². The molecule has 0 fully saturated rings. The van der Waals surface area contributed by atoms with E-state index in [4.69, 9.17) is 14.2 Å². The SMILES string of the molecule is COc1cc(-c2nc(CCNC(=O)c3cccs3)cs2)cc(OC)c1OC. The molecule has 0 aliphatic carbocycles. The van der Waals surface area contributed by atoms with Crippen molar-refractivity contribution >= 4 is 28.6 Å². The van der Waals surface area contributed by atoms with Crippen LogP contribution in [-0.4, -0.2) is 38.8 Å². The number of carbonyl (C=O) groups is 1. The van der Waals surface area contributed by atoms with Crippen molar-refractivity contribution in [3.63, 3.8) is 0 Å². The highest BCUT2D eigenvalue weighted by Gasteiger charge is 2.16. The van der Waals surface area contributed by atoms with Crippen LogP contribution >= 0.6 is 22.7 Å². The van der Waals surface area contributed by atoms with E-state index in [9.17, 15) is 4.79 Å². The largest absolute Gasteiger partial charge is 0.493 e. The van der Waals surface area contributed by atoms with Gasteiger partial charge < -0.3 is 19.5 Å². The summed E-state index contributed by atoms with van der Waals surface area (Å²) in [5.74, 6) is 1.68. The number of hydrogen-bond acceptors (Lipinski definition) is 7. The summed E-state index contributed by atoms with van der Waals surface area (Å²) in [5.41, 5.74) is 1.82. The maximum atomic E-state index is 12.0. The second-order valence-corrected chi connectivity index (χ2v) is 7.35. The van der Waals surface area contributed by atoms with Crippen LogP contribution in [0.4, 0.5) is 0 Å². The number of amides is 1. The van der Waals surface area contributed by atoms with E-state index in [-0.39, 0.29) is 5.91 Å². The molecule has 0 saturated heterocycles. The van der Waals surface area contributed by atoms with Crippen LogP contribution in [0.3, 0.4) is 0 Å². The normalized spacial score (nSPS) is 10.5. The Kier molecular flexibility index (Phi) is 6.31. The van der Waals surface area contributed by atoms with Gasteiger partial charge in [0.05, 0.1) is 31.9 Å². The maximum absolute atomic E-state index is 12.0. The van der Waals surface area contributed by atoms with Gasteiger partial charge in [0, 0.05) is 23.9 Å². The lowest BCUT2D eigenvalue weighted by Crippen LogP contribution is -2.24. The van der Waals surface area contributed by atoms with Gasteiger partial charge in [-0.1, -0.05) is 6.07 Å². The Hall–Kier alpha value is -2.58. The zero-order valence-electron chi connectivity index (χ0n) is 15.3. The highest BCUT2D eigenvalue weighted by Crippen LogP contribution is 2.41. The molecule has 0 radical (unpaired) electrons. The average molecular weight is 405 g/mol. The molecular formula is C19H20N2O4S2. The van der Waals surface area contributed by atoms with Crippen molar-refractivity contribution < 1.29 is 19.0 Å². The van der Waals surface area contributed by atoms with Crippen molar-refractivity contribution in [3.05, 3.63) is 45.6 Å². The molecule has 0 spiro atoms. The predicted octanol–water partition coefficient (Wildman–Crippen LogP) is 3.87. The molecule has 0 saturated carbocycles. The van der Waals surface area contributed by atoms with Crippen LogP contribution in [-0.2, 0) is 6.42 Å². The first kappa shape index (κ1) is 19.2. The number of hydrogen-bond donors (Lipinski definition) is 1. The number of thiophene rings is 1. The lowest BCUT2D eigenvalue weighted by atomic mass is 10.2. The molecular weight excluding hydrogens is 384 g/mol. The molecule has 1 N–H and O–H groups in total. The number of aromatic nitrogens is 1. The van der Waals surface area contributed by atoms with E-state index < -0.39 is 0 Å². The van der Waals surface area contributed by atoms with Crippen LogP contribution in [0.2, 0.25) is 0 Å². The van der Waals surface area contributed by atoms with Crippen LogP contribution in [0.15, 0.2) is 35.0 Å². The van der Waals surface area contributed by atoms with E-state index >= 15 is 0 Å². The fourth-order valence-electron chi connectivity index (χ4n) is 2.56. The molecule has 142 valence electrons. The highest BCUT2D eigenvalue weighted by atomic mass is 32.1. The molecule has 3 rings (SSSR count). The number of carbonyl (C=O) groups excluding carboxylic acids is 1. The second-order valence-electron chi connectivity index (χ2n) is 5.54. The number of benzene rings is 1. The summed E-state index contributed by atoms with van der Waals surface area (Å²) in [6, 6.07) is 7.43. The highest BCUT2D eigenvalue weighted by molar-refractivity contribution is 7.13. The summed E-state index contributed by atoms with van der Waals surface area (Å²) >= 11 is 2.97. The first-order valence-corrected chi connectivity index (χ1v) is 9.98. The Balaban J connectivity index is 1.69. The molecule has 27 heavy (non-hydrogen) atoms. The average Bonchev–Trinajstić information content (AvgIpc) is 3.38. The number of nitrogens with zero attached hydrogens (tertiary/aromatic N) is 1. The Bertz CT molecular complexity index is 881. The van der Waals surface area contributed by atoms with Crippen molar-refractivity contribution in [2.75, 3.05) is 27.9 Å². The third-order valence-electron chi connectivity index (χ3n) is 3.88. The Morgan fingerprint density at radius 1 is 1.11 bits per heavy atom. The molecule has 1 amide bonds. The standard InChI is InChI=1S/C19H20N2O4S2/c1-23-14-9-12(10-15(24-2)17(14)25-3)19-21-13(11-27-19)6-7-20-18(22)16-5-4-8-26-16/h4-5,8-11H,6-7H2,1-3H3,(H,20,22). The van der Waals surface area contributed by atoms with E-state index in [0.717, 1.165) is 16.3 Å². The summed E-state index contributed by atoms with van der Waals surface area (Å²) < 4.78 is 16.2. The summed E-state index contributed by atoms with van der Waals surface area (Å²) in [6.45, 7) is 0.537. The molecule has 1 aromatic carbocycles. The molecule has 0 aliphatic rings. The van der Waals surface area contributed by atoms with Gasteiger partial charge in [-0.25, -0.2) is 4.98 Å². The minimum atomic E-state index is -0.0509. The first-order chi connectivity index (χ1) is 13.2. The van der Waals surface area contributed by atoms with Gasteiger partial charge in [-0.2, -0.15) is 0 Å². The van der Waals surface area contributed by atoms with E-state index in [1.54, 1.807) is 21.3 Å². The fourth-order valence-corrected chi connectivity index (χ4v) is 4.04. The van der Waals surface area contributed by atoms with Crippen molar-refractivity contribution in [1.29, 1.82) is 0 Å². The van der Waals surface area contributed by atoms with Crippen molar-refractivity contribution in [3.8, 4) is 27.8 Å². The third kappa shape index (κ3) is 4.40. The van der Waals surface area contributed by atoms with Gasteiger partial charge in [-0.15, -0.1) is 22.7 Å². The first-order valence-electron chi connectivity index (χ1n) is 8.22. The van der Waals surface area contributed by atoms with Crippen molar-refractivity contribution in [2.24, 2.45) is 0 Å². The molecule has 8 heteroatoms. The Morgan fingerprint density at radius 2 is 1.85 bits per heavy atom. The number of ether oxygens (including phenoxy) is 3. The molecule has 0 atom stereocenters. The van der Waals surface area contributed by atoms with Gasteiger partial charge >= 0.3 is 0 Å². The lowest BCUT2D eigenvalue weighted by molar-refractivity contribution is 0.0958. The van der Waals surface area contributed by atoms with Gasteiger partial charge in [-0.3, -0.25) is 4.79 Å². The van der Waals surface area contributed by atoms with E-state index in [2.05, 4.69) is 10.3 Å². The van der Waals surface area contributed by atoms with Gasteiger partial charge in [0.25, 0.3) is 5.91 Å². The van der Waals surface area contributed by atoms with Gasteiger partial charge in [0.1, 0.15) is 5.01 Å². The molecule has 3 aromatic rings. The monoisotopic (exact) mass is 404 g/mol. The van der Waals surface area contributed by atoms with Crippen LogP contribution < -0.4 is 19.5 Å². The molecule has 0 aliphatic heterocycles. The minimum absolute atomic E-state index is 0.0509. The number of nitrogens with one attached hydrogen (secondary N) is 1. The molecule has 2 heterocycles.